The summed E-state index contributed by atoms with van der Waals surface area (Å²) in [6.45, 7) is 6.29. The van der Waals surface area contributed by atoms with Crippen molar-refractivity contribution in [2.75, 3.05) is 31.5 Å². The van der Waals surface area contributed by atoms with E-state index in [1.54, 1.807) is 6.20 Å². The minimum atomic E-state index is 0.375. The Balaban J connectivity index is 1.60. The highest BCUT2D eigenvalue weighted by molar-refractivity contribution is 5.74. The topological polar surface area (TPSA) is 85.1 Å². The van der Waals surface area contributed by atoms with Crippen molar-refractivity contribution >= 4 is 17.1 Å². The molecule has 7 heteroatoms. The number of nitrogens with zero attached hydrogens (tertiary/aromatic N) is 4. The lowest BCUT2D eigenvalue weighted by Gasteiger charge is -2.16. The molecule has 0 aromatic carbocycles. The molecule has 0 spiro atoms. The Morgan fingerprint density at radius 2 is 2.28 bits per heavy atom. The number of furan rings is 1. The van der Waals surface area contributed by atoms with Gasteiger partial charge in [0.2, 0.25) is 5.95 Å². The number of anilines is 1. The monoisotopic (exact) mass is 340 g/mol. The van der Waals surface area contributed by atoms with Crippen LogP contribution in [0.15, 0.2) is 34.9 Å². The maximum atomic E-state index is 5.75. The van der Waals surface area contributed by atoms with Gasteiger partial charge in [-0.3, -0.25) is 9.47 Å². The molecule has 1 aliphatic rings. The fourth-order valence-corrected chi connectivity index (χ4v) is 3.46. The van der Waals surface area contributed by atoms with Crippen molar-refractivity contribution in [3.63, 3.8) is 0 Å². The Hall–Kier alpha value is -2.38. The molecule has 1 aliphatic heterocycles. The first-order valence-electron chi connectivity index (χ1n) is 8.78. The van der Waals surface area contributed by atoms with Crippen molar-refractivity contribution in [2.45, 2.75) is 25.9 Å². The quantitative estimate of drug-likeness (QED) is 0.712. The molecule has 7 nitrogen and oxygen atoms in total. The summed E-state index contributed by atoms with van der Waals surface area (Å²) in [4.78, 5) is 11.7. The molecule has 25 heavy (non-hydrogen) atoms. The Morgan fingerprint density at radius 1 is 1.36 bits per heavy atom. The molecule has 1 unspecified atom stereocenters. The van der Waals surface area contributed by atoms with Gasteiger partial charge in [-0.2, -0.15) is 0 Å². The molecule has 0 radical (unpaired) electrons. The minimum absolute atomic E-state index is 0.375. The van der Waals surface area contributed by atoms with Gasteiger partial charge in [0.05, 0.1) is 6.54 Å². The highest BCUT2D eigenvalue weighted by Gasteiger charge is 2.24. The number of aromatic nitrogens is 3. The normalized spacial score (nSPS) is 18.2. The van der Waals surface area contributed by atoms with Gasteiger partial charge < -0.3 is 15.5 Å². The van der Waals surface area contributed by atoms with Gasteiger partial charge in [-0.25, -0.2) is 9.97 Å². The summed E-state index contributed by atoms with van der Waals surface area (Å²) in [5.74, 6) is 2.67. The fourth-order valence-electron chi connectivity index (χ4n) is 3.46. The number of hydrogen-bond donors (Lipinski definition) is 2. The highest BCUT2D eigenvalue weighted by Crippen LogP contribution is 2.22. The molecule has 1 atom stereocenters. The molecule has 3 N–H and O–H groups in total. The van der Waals surface area contributed by atoms with E-state index in [1.807, 2.05) is 31.2 Å². The average Bonchev–Trinajstić information content (AvgIpc) is 3.30. The fraction of sp³-hybridized carbons (Fsp3) is 0.444. The van der Waals surface area contributed by atoms with Gasteiger partial charge in [0.25, 0.3) is 0 Å². The molecular weight excluding hydrogens is 316 g/mol. The van der Waals surface area contributed by atoms with Crippen LogP contribution in [0.4, 0.5) is 5.95 Å². The maximum absolute atomic E-state index is 5.75. The Morgan fingerprint density at radius 3 is 3.08 bits per heavy atom. The highest BCUT2D eigenvalue weighted by atomic mass is 16.3. The van der Waals surface area contributed by atoms with Crippen molar-refractivity contribution in [2.24, 2.45) is 5.73 Å². The predicted molar refractivity (Wildman–Crippen MR) is 97.6 cm³/mol. The second kappa shape index (κ2) is 6.85. The molecule has 1 fully saturated rings. The molecule has 0 aliphatic carbocycles. The minimum Gasteiger partial charge on any atom is -0.464 e. The summed E-state index contributed by atoms with van der Waals surface area (Å²) in [6.07, 6.45) is 2.90. The van der Waals surface area contributed by atoms with Gasteiger partial charge in [0.1, 0.15) is 17.0 Å². The first kappa shape index (κ1) is 16.1. The largest absolute Gasteiger partial charge is 0.464 e. The Kier molecular flexibility index (Phi) is 4.42. The SMILES string of the molecule is Cc1ccc(Cn2c(NC3CCN(CCN)C3)nc3cccnc32)o1. The molecule has 3 aromatic heterocycles. The summed E-state index contributed by atoms with van der Waals surface area (Å²) in [5, 5.41) is 3.60. The maximum Gasteiger partial charge on any atom is 0.205 e. The summed E-state index contributed by atoms with van der Waals surface area (Å²) >= 11 is 0. The van der Waals surface area contributed by atoms with Crippen LogP contribution in [0.3, 0.4) is 0 Å². The van der Waals surface area contributed by atoms with Crippen LogP contribution >= 0.6 is 0 Å². The van der Waals surface area contributed by atoms with Crippen LogP contribution in [0.2, 0.25) is 0 Å². The van der Waals surface area contributed by atoms with Crippen LogP contribution < -0.4 is 11.1 Å². The van der Waals surface area contributed by atoms with Gasteiger partial charge in [-0.05, 0) is 37.6 Å². The smallest absolute Gasteiger partial charge is 0.205 e. The molecule has 132 valence electrons. The first-order chi connectivity index (χ1) is 12.2. The lowest BCUT2D eigenvalue weighted by Crippen LogP contribution is -2.30. The summed E-state index contributed by atoms with van der Waals surface area (Å²) in [5.41, 5.74) is 7.44. The number of likely N-dealkylation sites (tertiary alicyclic amines) is 1. The lowest BCUT2D eigenvalue weighted by atomic mass is 10.3. The molecule has 0 amide bonds. The third kappa shape index (κ3) is 3.38. The third-order valence-electron chi connectivity index (χ3n) is 4.66. The van der Waals surface area contributed by atoms with Gasteiger partial charge in [-0.1, -0.05) is 0 Å². The van der Waals surface area contributed by atoms with Crippen LogP contribution in [0.5, 0.6) is 0 Å². The number of rotatable bonds is 6. The lowest BCUT2D eigenvalue weighted by molar-refractivity contribution is 0.346. The Bertz CT molecular complexity index is 854. The number of nitrogens with two attached hydrogens (primary N) is 1. The molecule has 4 rings (SSSR count). The summed E-state index contributed by atoms with van der Waals surface area (Å²) in [7, 11) is 0. The van der Waals surface area contributed by atoms with Crippen LogP contribution in [-0.4, -0.2) is 51.7 Å². The molecule has 0 bridgehead atoms. The van der Waals surface area contributed by atoms with E-state index in [9.17, 15) is 0 Å². The van der Waals surface area contributed by atoms with Crippen molar-refractivity contribution in [1.82, 2.24) is 19.4 Å². The number of hydrogen-bond acceptors (Lipinski definition) is 6. The Labute approximate surface area is 146 Å². The summed E-state index contributed by atoms with van der Waals surface area (Å²) < 4.78 is 7.85. The van der Waals surface area contributed by atoms with Gasteiger partial charge in [0, 0.05) is 38.4 Å². The third-order valence-corrected chi connectivity index (χ3v) is 4.66. The number of nitrogens with one attached hydrogen (secondary N) is 1. The zero-order chi connectivity index (χ0) is 17.2. The standard InChI is InChI=1S/C18H24N6O/c1-13-4-5-15(25-13)12-24-17-16(3-2-8-20-17)22-18(24)21-14-6-9-23(11-14)10-7-19/h2-5,8,14H,6-7,9-12,19H2,1H3,(H,21,22). The first-order valence-corrected chi connectivity index (χ1v) is 8.78. The van der Waals surface area contributed by atoms with E-state index < -0.39 is 0 Å². The van der Waals surface area contributed by atoms with Crippen LogP contribution in [0.1, 0.15) is 17.9 Å². The zero-order valence-electron chi connectivity index (χ0n) is 14.5. The van der Waals surface area contributed by atoms with Crippen molar-refractivity contribution in [1.29, 1.82) is 0 Å². The van der Waals surface area contributed by atoms with E-state index in [4.69, 9.17) is 15.1 Å². The number of pyridine rings is 1. The van der Waals surface area contributed by atoms with E-state index in [0.717, 1.165) is 54.7 Å². The van der Waals surface area contributed by atoms with E-state index in [1.165, 1.54) is 0 Å². The van der Waals surface area contributed by atoms with E-state index in [2.05, 4.69) is 19.8 Å². The van der Waals surface area contributed by atoms with E-state index >= 15 is 0 Å². The molecule has 0 saturated carbocycles. The number of fused-ring (bicyclic) bond motifs is 1. The molecule has 4 heterocycles. The van der Waals surface area contributed by atoms with Gasteiger partial charge >= 0.3 is 0 Å². The summed E-state index contributed by atoms with van der Waals surface area (Å²) in [6, 6.07) is 8.27. The number of aryl methyl sites for hydroxylation is 1. The van der Waals surface area contributed by atoms with Crippen molar-refractivity contribution < 1.29 is 4.42 Å². The molecular formula is C18H24N6O. The van der Waals surface area contributed by atoms with Crippen molar-refractivity contribution in [3.8, 4) is 0 Å². The zero-order valence-corrected chi connectivity index (χ0v) is 14.5. The molecule has 1 saturated heterocycles. The van der Waals surface area contributed by atoms with Crippen molar-refractivity contribution in [3.05, 3.63) is 42.0 Å². The van der Waals surface area contributed by atoms with Gasteiger partial charge in [-0.15, -0.1) is 0 Å². The van der Waals surface area contributed by atoms with Crippen LogP contribution in [-0.2, 0) is 6.54 Å². The van der Waals surface area contributed by atoms with E-state index in [0.29, 0.717) is 19.1 Å². The number of imidazole rings is 1. The van der Waals surface area contributed by atoms with Crippen LogP contribution in [0, 0.1) is 6.92 Å². The predicted octanol–water partition coefficient (Wildman–Crippen LogP) is 1.83. The average molecular weight is 340 g/mol. The van der Waals surface area contributed by atoms with Gasteiger partial charge in [0.15, 0.2) is 5.65 Å². The van der Waals surface area contributed by atoms with E-state index in [-0.39, 0.29) is 0 Å². The second-order valence-electron chi connectivity index (χ2n) is 6.60. The second-order valence-corrected chi connectivity index (χ2v) is 6.60. The molecule has 3 aromatic rings. The van der Waals surface area contributed by atoms with Crippen LogP contribution in [0.25, 0.3) is 11.2 Å².